The minimum atomic E-state index is -4.47. The maximum absolute atomic E-state index is 12.8. The molecule has 0 unspecified atom stereocenters. The minimum absolute atomic E-state index is 0.107. The minimum Gasteiger partial charge on any atom is -0.272 e. The average molecular weight is 387 g/mol. The summed E-state index contributed by atoms with van der Waals surface area (Å²) in [5.74, 6) is 0.367. The van der Waals surface area contributed by atoms with Crippen LogP contribution in [0.4, 0.5) is 13.2 Å². The van der Waals surface area contributed by atoms with Gasteiger partial charge in [-0.3, -0.25) is 4.79 Å². The number of carbonyl (C=O) groups excluding carboxylic acids is 1. The summed E-state index contributed by atoms with van der Waals surface area (Å²) in [6, 6.07) is 12.3. The maximum atomic E-state index is 12.8. The van der Waals surface area contributed by atoms with E-state index in [4.69, 9.17) is 11.6 Å². The van der Waals surface area contributed by atoms with Gasteiger partial charge in [0.2, 0.25) is 5.91 Å². The van der Waals surface area contributed by atoms with Crippen LogP contribution in [-0.2, 0) is 16.7 Å². The highest BCUT2D eigenvalue weighted by atomic mass is 35.5. The number of hydrogen-bond acceptors (Lipinski definition) is 3. The van der Waals surface area contributed by atoms with Crippen molar-refractivity contribution in [1.29, 1.82) is 0 Å². The van der Waals surface area contributed by atoms with E-state index < -0.39 is 11.7 Å². The molecule has 0 bridgehead atoms. The van der Waals surface area contributed by atoms with E-state index in [1.54, 1.807) is 12.1 Å². The number of carbonyl (C=O) groups is 1. The Balaban J connectivity index is 1.82. The molecule has 0 aliphatic heterocycles. The van der Waals surface area contributed by atoms with Gasteiger partial charge in [0.1, 0.15) is 0 Å². The summed E-state index contributed by atoms with van der Waals surface area (Å²) in [6.45, 7) is 0. The summed E-state index contributed by atoms with van der Waals surface area (Å²) < 4.78 is 38.5. The molecule has 0 saturated heterocycles. The molecule has 2 aromatic rings. The number of thioether (sulfide) groups is 1. The lowest BCUT2D eigenvalue weighted by Gasteiger charge is -2.09. The van der Waals surface area contributed by atoms with Crippen molar-refractivity contribution >= 4 is 35.5 Å². The first-order chi connectivity index (χ1) is 11.9. The lowest BCUT2D eigenvalue weighted by molar-refractivity contribution is -0.137. The van der Waals surface area contributed by atoms with E-state index in [1.807, 2.05) is 12.1 Å². The van der Waals surface area contributed by atoms with Gasteiger partial charge in [0.15, 0.2) is 0 Å². The number of benzene rings is 2. The third kappa shape index (κ3) is 6.43. The average Bonchev–Trinajstić information content (AvgIpc) is 2.56. The standard InChI is InChI=1S/C17H14ClF3N2OS/c18-14-7-5-12(6-8-14)10-25-11-16(24)23-22-9-13-3-1-2-4-15(13)17(19,20)21/h1-9H,10-11H2,(H,23,24)/b22-9-. The van der Waals surface area contributed by atoms with Crippen LogP contribution in [0.15, 0.2) is 53.6 Å². The number of hydrogen-bond donors (Lipinski definition) is 1. The highest BCUT2D eigenvalue weighted by molar-refractivity contribution is 7.99. The predicted molar refractivity (Wildman–Crippen MR) is 94.8 cm³/mol. The summed E-state index contributed by atoms with van der Waals surface area (Å²) in [6.07, 6.45) is -3.48. The van der Waals surface area contributed by atoms with Gasteiger partial charge < -0.3 is 0 Å². The number of halogens is 4. The Morgan fingerprint density at radius 1 is 1.16 bits per heavy atom. The smallest absolute Gasteiger partial charge is 0.272 e. The Bertz CT molecular complexity index is 748. The van der Waals surface area contributed by atoms with Crippen LogP contribution in [0.1, 0.15) is 16.7 Å². The first-order valence-electron chi connectivity index (χ1n) is 7.16. The summed E-state index contributed by atoms with van der Waals surface area (Å²) in [4.78, 5) is 11.7. The third-order valence-corrected chi connectivity index (χ3v) is 4.33. The van der Waals surface area contributed by atoms with Crippen molar-refractivity contribution in [1.82, 2.24) is 5.43 Å². The molecule has 0 heterocycles. The first kappa shape index (κ1) is 19.3. The van der Waals surface area contributed by atoms with Crippen molar-refractivity contribution < 1.29 is 18.0 Å². The van der Waals surface area contributed by atoms with Crippen LogP contribution in [0.3, 0.4) is 0 Å². The first-order valence-corrected chi connectivity index (χ1v) is 8.70. The lowest BCUT2D eigenvalue weighted by atomic mass is 10.1. The lowest BCUT2D eigenvalue weighted by Crippen LogP contribution is -2.20. The van der Waals surface area contributed by atoms with Crippen molar-refractivity contribution in [3.63, 3.8) is 0 Å². The molecule has 25 heavy (non-hydrogen) atoms. The molecule has 0 aromatic heterocycles. The van der Waals surface area contributed by atoms with E-state index in [0.717, 1.165) is 17.8 Å². The zero-order chi connectivity index (χ0) is 18.3. The van der Waals surface area contributed by atoms with Crippen molar-refractivity contribution in [2.45, 2.75) is 11.9 Å². The molecule has 0 radical (unpaired) electrons. The number of rotatable bonds is 6. The Labute approximate surface area is 152 Å². The summed E-state index contributed by atoms with van der Waals surface area (Å²) in [7, 11) is 0. The van der Waals surface area contributed by atoms with Crippen LogP contribution in [0.25, 0.3) is 0 Å². The van der Waals surface area contributed by atoms with Crippen LogP contribution >= 0.6 is 23.4 Å². The molecule has 0 fully saturated rings. The summed E-state index contributed by atoms with van der Waals surface area (Å²) in [5.41, 5.74) is 2.34. The molecular formula is C17H14ClF3N2OS. The van der Waals surface area contributed by atoms with Crippen LogP contribution in [0, 0.1) is 0 Å². The van der Waals surface area contributed by atoms with E-state index in [2.05, 4.69) is 10.5 Å². The number of alkyl halides is 3. The number of nitrogens with one attached hydrogen (secondary N) is 1. The van der Waals surface area contributed by atoms with E-state index in [0.29, 0.717) is 10.8 Å². The van der Waals surface area contributed by atoms with Crippen LogP contribution in [-0.4, -0.2) is 17.9 Å². The topological polar surface area (TPSA) is 41.5 Å². The Kier molecular flexibility index (Phi) is 6.90. The molecule has 1 N–H and O–H groups in total. The van der Waals surface area contributed by atoms with Gasteiger partial charge in [-0.1, -0.05) is 41.9 Å². The normalized spacial score (nSPS) is 11.7. The van der Waals surface area contributed by atoms with Gasteiger partial charge in [0.05, 0.1) is 17.5 Å². The van der Waals surface area contributed by atoms with Gasteiger partial charge in [-0.2, -0.15) is 18.3 Å². The number of hydrazone groups is 1. The number of nitrogens with zero attached hydrogens (tertiary/aromatic N) is 1. The third-order valence-electron chi connectivity index (χ3n) is 3.07. The van der Waals surface area contributed by atoms with Crippen LogP contribution < -0.4 is 5.43 Å². The van der Waals surface area contributed by atoms with E-state index in [9.17, 15) is 18.0 Å². The van der Waals surface area contributed by atoms with Gasteiger partial charge in [0, 0.05) is 16.3 Å². The quantitative estimate of drug-likeness (QED) is 0.575. The monoisotopic (exact) mass is 386 g/mol. The van der Waals surface area contributed by atoms with Gasteiger partial charge in [-0.15, -0.1) is 11.8 Å². The molecule has 132 valence electrons. The molecule has 2 rings (SSSR count). The summed E-state index contributed by atoms with van der Waals surface area (Å²) in [5, 5.41) is 4.24. The molecule has 0 saturated carbocycles. The Morgan fingerprint density at radius 2 is 1.84 bits per heavy atom. The van der Waals surface area contributed by atoms with Gasteiger partial charge >= 0.3 is 6.18 Å². The molecule has 0 spiro atoms. The van der Waals surface area contributed by atoms with Crippen molar-refractivity contribution in [3.05, 3.63) is 70.2 Å². The fourth-order valence-corrected chi connectivity index (χ4v) is 2.82. The van der Waals surface area contributed by atoms with Crippen LogP contribution in [0.5, 0.6) is 0 Å². The highest BCUT2D eigenvalue weighted by Crippen LogP contribution is 2.31. The fraction of sp³-hybridized carbons (Fsp3) is 0.176. The van der Waals surface area contributed by atoms with Gasteiger partial charge in [-0.25, -0.2) is 5.43 Å². The second-order valence-corrected chi connectivity index (χ2v) is 6.42. The number of amides is 1. The van der Waals surface area contributed by atoms with Gasteiger partial charge in [-0.05, 0) is 23.8 Å². The molecule has 0 atom stereocenters. The maximum Gasteiger partial charge on any atom is 0.417 e. The predicted octanol–water partition coefficient (Wildman–Crippen LogP) is 4.74. The molecule has 8 heteroatoms. The van der Waals surface area contributed by atoms with Crippen molar-refractivity contribution in [3.8, 4) is 0 Å². The molecule has 2 aromatic carbocycles. The van der Waals surface area contributed by atoms with E-state index in [1.165, 1.54) is 30.0 Å². The molecule has 1 amide bonds. The molecule has 0 aliphatic rings. The van der Waals surface area contributed by atoms with E-state index >= 15 is 0 Å². The fourth-order valence-electron chi connectivity index (χ4n) is 1.92. The Hall–Kier alpha value is -1.99. The van der Waals surface area contributed by atoms with Crippen LogP contribution in [0.2, 0.25) is 5.02 Å². The second kappa shape index (κ2) is 8.92. The van der Waals surface area contributed by atoms with Gasteiger partial charge in [0.25, 0.3) is 0 Å². The Morgan fingerprint density at radius 3 is 2.52 bits per heavy atom. The zero-order valence-corrected chi connectivity index (χ0v) is 14.5. The van der Waals surface area contributed by atoms with Crippen molar-refractivity contribution in [2.75, 3.05) is 5.75 Å². The van der Waals surface area contributed by atoms with E-state index in [-0.39, 0.29) is 17.2 Å². The summed E-state index contributed by atoms with van der Waals surface area (Å²) >= 11 is 7.15. The molecule has 3 nitrogen and oxygen atoms in total. The molecule has 0 aliphatic carbocycles. The molecular weight excluding hydrogens is 373 g/mol. The zero-order valence-electron chi connectivity index (χ0n) is 12.9. The highest BCUT2D eigenvalue weighted by Gasteiger charge is 2.32. The van der Waals surface area contributed by atoms with Crippen molar-refractivity contribution in [2.24, 2.45) is 5.10 Å². The largest absolute Gasteiger partial charge is 0.417 e. The second-order valence-electron chi connectivity index (χ2n) is 5.00. The SMILES string of the molecule is O=C(CSCc1ccc(Cl)cc1)N/N=C\c1ccccc1C(F)(F)F.